The number of nitrogens with zero attached hydrogens (tertiary/aromatic N) is 2. The second kappa shape index (κ2) is 7.30. The molecule has 0 N–H and O–H groups in total. The van der Waals surface area contributed by atoms with Gasteiger partial charge >= 0.3 is 6.09 Å². The lowest BCUT2D eigenvalue weighted by molar-refractivity contribution is -0.128. The molecule has 2 heterocycles. The Bertz CT molecular complexity index is 882. The number of benzene rings is 2. The molecule has 2 aliphatic heterocycles. The van der Waals surface area contributed by atoms with Gasteiger partial charge in [-0.2, -0.15) is 0 Å². The minimum absolute atomic E-state index is 0.0147. The molecule has 0 aliphatic carbocycles. The molecule has 2 unspecified atom stereocenters. The van der Waals surface area contributed by atoms with E-state index in [1.165, 1.54) is 5.56 Å². The van der Waals surface area contributed by atoms with Gasteiger partial charge in [0.2, 0.25) is 0 Å². The monoisotopic (exact) mass is 378 g/mol. The van der Waals surface area contributed by atoms with Crippen LogP contribution in [-0.2, 0) is 22.6 Å². The standard InChI is InChI=1S/C23H26N2O3/c1-17-15-19-11-6-7-12-20(19)25(17)21(26)23(2)13-8-14-24(23)22(27)28-16-18-9-4-3-5-10-18/h3-7,9-12,17H,8,13-16H2,1-2H3. The van der Waals surface area contributed by atoms with E-state index >= 15 is 0 Å². The first-order chi connectivity index (χ1) is 13.5. The van der Waals surface area contributed by atoms with Crippen LogP contribution in [0.15, 0.2) is 54.6 Å². The summed E-state index contributed by atoms with van der Waals surface area (Å²) >= 11 is 0. The third-order valence-corrected chi connectivity index (χ3v) is 5.95. The van der Waals surface area contributed by atoms with Crippen LogP contribution >= 0.6 is 0 Å². The van der Waals surface area contributed by atoms with Crippen LogP contribution in [0.25, 0.3) is 0 Å². The van der Waals surface area contributed by atoms with Crippen molar-refractivity contribution in [3.63, 3.8) is 0 Å². The zero-order valence-corrected chi connectivity index (χ0v) is 16.4. The average molecular weight is 378 g/mol. The average Bonchev–Trinajstić information content (AvgIpc) is 3.26. The van der Waals surface area contributed by atoms with Gasteiger partial charge in [0.15, 0.2) is 0 Å². The Balaban J connectivity index is 1.52. The van der Waals surface area contributed by atoms with Crippen LogP contribution in [0.2, 0.25) is 0 Å². The smallest absolute Gasteiger partial charge is 0.410 e. The molecule has 5 nitrogen and oxygen atoms in total. The van der Waals surface area contributed by atoms with Crippen molar-refractivity contribution in [1.29, 1.82) is 0 Å². The molecule has 0 bridgehead atoms. The molecule has 4 rings (SSSR count). The predicted molar refractivity (Wildman–Crippen MR) is 108 cm³/mol. The summed E-state index contributed by atoms with van der Waals surface area (Å²) in [5.41, 5.74) is 2.21. The third kappa shape index (κ3) is 3.15. The van der Waals surface area contributed by atoms with Crippen molar-refractivity contribution < 1.29 is 14.3 Å². The zero-order chi connectivity index (χ0) is 19.7. The van der Waals surface area contributed by atoms with Crippen LogP contribution in [0.4, 0.5) is 10.5 Å². The normalized spacial score (nSPS) is 23.6. The number of anilines is 1. The van der Waals surface area contributed by atoms with Crippen molar-refractivity contribution in [2.24, 2.45) is 0 Å². The van der Waals surface area contributed by atoms with E-state index in [1.54, 1.807) is 4.90 Å². The molecule has 0 radical (unpaired) electrons. The number of hydrogen-bond donors (Lipinski definition) is 0. The second-order valence-electron chi connectivity index (χ2n) is 7.93. The topological polar surface area (TPSA) is 49.9 Å². The van der Waals surface area contributed by atoms with Crippen molar-refractivity contribution >= 4 is 17.7 Å². The van der Waals surface area contributed by atoms with E-state index < -0.39 is 11.6 Å². The van der Waals surface area contributed by atoms with Gasteiger partial charge in [-0.1, -0.05) is 48.5 Å². The largest absolute Gasteiger partial charge is 0.445 e. The van der Waals surface area contributed by atoms with Crippen LogP contribution in [0.5, 0.6) is 0 Å². The Morgan fingerprint density at radius 1 is 1.11 bits per heavy atom. The fourth-order valence-corrected chi connectivity index (χ4v) is 4.41. The lowest BCUT2D eigenvalue weighted by Crippen LogP contribution is -2.57. The summed E-state index contributed by atoms with van der Waals surface area (Å²) in [5, 5.41) is 0. The van der Waals surface area contributed by atoms with Crippen molar-refractivity contribution in [1.82, 2.24) is 4.90 Å². The van der Waals surface area contributed by atoms with E-state index in [4.69, 9.17) is 4.74 Å². The Labute approximate surface area is 165 Å². The Kier molecular flexibility index (Phi) is 4.84. The maximum absolute atomic E-state index is 13.6. The summed E-state index contributed by atoms with van der Waals surface area (Å²) < 4.78 is 5.53. The van der Waals surface area contributed by atoms with Gasteiger partial charge in [-0.25, -0.2) is 4.79 Å². The van der Waals surface area contributed by atoms with E-state index in [1.807, 2.05) is 60.4 Å². The molecule has 2 aromatic carbocycles. The number of ether oxygens (including phenoxy) is 1. The van der Waals surface area contributed by atoms with Gasteiger partial charge in [-0.05, 0) is 50.3 Å². The molecule has 146 valence electrons. The van der Waals surface area contributed by atoms with Crippen LogP contribution in [0, 0.1) is 0 Å². The first-order valence-electron chi connectivity index (χ1n) is 9.90. The highest BCUT2D eigenvalue weighted by Crippen LogP contribution is 2.38. The lowest BCUT2D eigenvalue weighted by Gasteiger charge is -2.37. The molecule has 1 saturated heterocycles. The van der Waals surface area contributed by atoms with Crippen molar-refractivity contribution in [2.45, 2.75) is 51.3 Å². The minimum Gasteiger partial charge on any atom is -0.445 e. The van der Waals surface area contributed by atoms with E-state index in [0.29, 0.717) is 13.0 Å². The first-order valence-corrected chi connectivity index (χ1v) is 9.90. The SMILES string of the molecule is CC1Cc2ccccc2N1C(=O)C1(C)CCCN1C(=O)OCc1ccccc1. The van der Waals surface area contributed by atoms with Gasteiger partial charge in [-0.15, -0.1) is 0 Å². The van der Waals surface area contributed by atoms with Gasteiger partial charge in [0, 0.05) is 18.3 Å². The Morgan fingerprint density at radius 2 is 1.82 bits per heavy atom. The molecule has 5 heteroatoms. The van der Waals surface area contributed by atoms with Gasteiger partial charge < -0.3 is 9.64 Å². The molecular weight excluding hydrogens is 352 g/mol. The number of likely N-dealkylation sites (tertiary alicyclic amines) is 1. The molecule has 0 spiro atoms. The van der Waals surface area contributed by atoms with Crippen LogP contribution in [-0.4, -0.2) is 35.0 Å². The summed E-state index contributed by atoms with van der Waals surface area (Å²) in [5.74, 6) is -0.0147. The number of amides is 2. The molecule has 2 atom stereocenters. The molecule has 0 saturated carbocycles. The third-order valence-electron chi connectivity index (χ3n) is 5.95. The quantitative estimate of drug-likeness (QED) is 0.806. The molecule has 2 amide bonds. The molecular formula is C23H26N2O3. The van der Waals surface area contributed by atoms with E-state index in [0.717, 1.165) is 24.1 Å². The van der Waals surface area contributed by atoms with Crippen LogP contribution in [0.1, 0.15) is 37.8 Å². The predicted octanol–water partition coefficient (Wildman–Crippen LogP) is 4.16. The first kappa shape index (κ1) is 18.5. The fourth-order valence-electron chi connectivity index (χ4n) is 4.41. The number of hydrogen-bond acceptors (Lipinski definition) is 3. The second-order valence-corrected chi connectivity index (χ2v) is 7.93. The minimum atomic E-state index is -0.876. The van der Waals surface area contributed by atoms with Crippen LogP contribution < -0.4 is 4.90 Å². The van der Waals surface area contributed by atoms with E-state index in [2.05, 4.69) is 13.0 Å². The molecule has 28 heavy (non-hydrogen) atoms. The van der Waals surface area contributed by atoms with Crippen molar-refractivity contribution in [3.05, 3.63) is 65.7 Å². The van der Waals surface area contributed by atoms with Gasteiger partial charge in [0.25, 0.3) is 5.91 Å². The summed E-state index contributed by atoms with van der Waals surface area (Å²) in [6.07, 6.45) is 1.87. The lowest BCUT2D eigenvalue weighted by atomic mass is 9.96. The van der Waals surface area contributed by atoms with E-state index in [-0.39, 0.29) is 18.6 Å². The molecule has 2 aliphatic rings. The number of fused-ring (bicyclic) bond motifs is 1. The van der Waals surface area contributed by atoms with Gasteiger partial charge in [0.05, 0.1) is 0 Å². The Morgan fingerprint density at radius 3 is 2.61 bits per heavy atom. The van der Waals surface area contributed by atoms with Gasteiger partial charge in [-0.3, -0.25) is 9.69 Å². The zero-order valence-electron chi connectivity index (χ0n) is 16.4. The maximum Gasteiger partial charge on any atom is 0.410 e. The highest BCUT2D eigenvalue weighted by Gasteiger charge is 2.50. The maximum atomic E-state index is 13.6. The van der Waals surface area contributed by atoms with E-state index in [9.17, 15) is 9.59 Å². The fraction of sp³-hybridized carbons (Fsp3) is 0.391. The van der Waals surface area contributed by atoms with Crippen LogP contribution in [0.3, 0.4) is 0 Å². The highest BCUT2D eigenvalue weighted by atomic mass is 16.6. The molecule has 1 fully saturated rings. The number of rotatable bonds is 3. The Hall–Kier alpha value is -2.82. The summed E-state index contributed by atoms with van der Waals surface area (Å²) in [7, 11) is 0. The summed E-state index contributed by atoms with van der Waals surface area (Å²) in [4.78, 5) is 29.9. The van der Waals surface area contributed by atoms with Crippen molar-refractivity contribution in [2.75, 3.05) is 11.4 Å². The van der Waals surface area contributed by atoms with Crippen molar-refractivity contribution in [3.8, 4) is 0 Å². The molecule has 2 aromatic rings. The summed E-state index contributed by atoms with van der Waals surface area (Å²) in [6, 6.07) is 17.7. The number of para-hydroxylation sites is 1. The number of carbonyl (C=O) groups is 2. The van der Waals surface area contributed by atoms with Gasteiger partial charge in [0.1, 0.15) is 12.1 Å². The molecule has 0 aromatic heterocycles. The highest BCUT2D eigenvalue weighted by molar-refractivity contribution is 6.03. The number of carbonyl (C=O) groups excluding carboxylic acids is 2. The summed E-state index contributed by atoms with van der Waals surface area (Å²) in [6.45, 7) is 4.69.